The Bertz CT molecular complexity index is 1620. The summed E-state index contributed by atoms with van der Waals surface area (Å²) in [4.78, 5) is 16.1. The van der Waals surface area contributed by atoms with Crippen LogP contribution in [0.15, 0.2) is 102 Å². The number of hydrogen-bond acceptors (Lipinski definition) is 5. The van der Waals surface area contributed by atoms with Gasteiger partial charge in [0, 0.05) is 31.2 Å². The van der Waals surface area contributed by atoms with E-state index in [1.807, 2.05) is 19.1 Å². The summed E-state index contributed by atoms with van der Waals surface area (Å²) in [7, 11) is -4.02. The quantitative estimate of drug-likeness (QED) is 0.248. The van der Waals surface area contributed by atoms with E-state index in [-0.39, 0.29) is 22.9 Å². The van der Waals surface area contributed by atoms with E-state index in [4.69, 9.17) is 16.3 Å². The molecule has 0 atom stereocenters. The highest BCUT2D eigenvalue weighted by atomic mass is 35.5. The Balaban J connectivity index is 1.40. The number of anilines is 1. The van der Waals surface area contributed by atoms with Crippen molar-refractivity contribution in [2.45, 2.75) is 31.5 Å². The number of sulfonamides is 1. The number of para-hydroxylation sites is 1. The third-order valence-corrected chi connectivity index (χ3v) is 9.25. The van der Waals surface area contributed by atoms with Crippen LogP contribution in [0.5, 0.6) is 0 Å². The average molecular weight is 604 g/mol. The lowest BCUT2D eigenvalue weighted by Crippen LogP contribution is -2.35. The normalized spacial score (nSPS) is 14.0. The zero-order valence-corrected chi connectivity index (χ0v) is 25.1. The summed E-state index contributed by atoms with van der Waals surface area (Å²) >= 11 is 6.08. The number of halogens is 1. The smallest absolute Gasteiger partial charge is 0.264 e. The number of nitrogens with zero attached hydrogens (tertiary/aromatic N) is 2. The molecule has 4 aromatic rings. The summed E-state index contributed by atoms with van der Waals surface area (Å²) in [5.74, 6) is -0.357. The van der Waals surface area contributed by atoms with E-state index in [0.29, 0.717) is 17.3 Å². The lowest BCUT2D eigenvalue weighted by atomic mass is 10.1. The van der Waals surface area contributed by atoms with Gasteiger partial charge in [-0.3, -0.25) is 14.0 Å². The summed E-state index contributed by atoms with van der Waals surface area (Å²) in [6.45, 7) is 6.34. The summed E-state index contributed by atoms with van der Waals surface area (Å²) in [5.41, 5.74) is 4.40. The molecule has 0 radical (unpaired) electrons. The molecule has 0 unspecified atom stereocenters. The average Bonchev–Trinajstić information content (AvgIpc) is 3.00. The van der Waals surface area contributed by atoms with E-state index in [0.717, 1.165) is 49.5 Å². The highest BCUT2D eigenvalue weighted by Gasteiger charge is 2.28. The number of carbonyl (C=O) groups excluding carboxylic acids is 1. The maximum absolute atomic E-state index is 14.0. The van der Waals surface area contributed by atoms with Gasteiger partial charge in [-0.25, -0.2) is 8.42 Å². The first-order valence-corrected chi connectivity index (χ1v) is 15.7. The molecule has 42 heavy (non-hydrogen) atoms. The molecule has 1 aliphatic heterocycles. The third-order valence-electron chi connectivity index (χ3n) is 7.22. The molecule has 1 N–H and O–H groups in total. The fourth-order valence-electron chi connectivity index (χ4n) is 4.91. The Morgan fingerprint density at radius 1 is 0.881 bits per heavy atom. The number of ether oxygens (including phenoxy) is 1. The van der Waals surface area contributed by atoms with E-state index < -0.39 is 10.0 Å². The Morgan fingerprint density at radius 3 is 2.31 bits per heavy atom. The van der Waals surface area contributed by atoms with E-state index >= 15 is 0 Å². The van der Waals surface area contributed by atoms with Gasteiger partial charge in [0.1, 0.15) is 0 Å². The molecule has 1 saturated heterocycles. The molecule has 7 nitrogen and oxygen atoms in total. The van der Waals surface area contributed by atoms with Gasteiger partial charge >= 0.3 is 0 Å². The molecule has 0 saturated carbocycles. The molecule has 1 aliphatic rings. The van der Waals surface area contributed by atoms with Crippen LogP contribution in [0, 0.1) is 6.92 Å². The van der Waals surface area contributed by atoms with Gasteiger partial charge in [-0.15, -0.1) is 0 Å². The molecule has 0 bridgehead atoms. The maximum atomic E-state index is 14.0. The standard InChI is InChI=1S/C33H34ClN3O4S/c1-25-9-15-30(16-10-25)42(39,40)37(24-26-11-13-29(34)14-12-26)32-8-3-2-7-31(32)33(38)35-22-27-5-4-6-28(21-27)23-36-17-19-41-20-18-36/h2-16,21H,17-20,22-24H2,1H3,(H,35,38). The molecule has 5 rings (SSSR count). The zero-order chi connectivity index (χ0) is 29.5. The first kappa shape index (κ1) is 29.8. The van der Waals surface area contributed by atoms with E-state index in [9.17, 15) is 13.2 Å². The number of morpholine rings is 1. The Hall–Kier alpha value is -3.69. The monoisotopic (exact) mass is 603 g/mol. The summed E-state index contributed by atoms with van der Waals surface area (Å²) in [5, 5.41) is 3.56. The number of benzene rings is 4. The first-order valence-electron chi connectivity index (χ1n) is 13.9. The predicted octanol–water partition coefficient (Wildman–Crippen LogP) is 5.81. The van der Waals surface area contributed by atoms with Crippen molar-refractivity contribution in [1.82, 2.24) is 10.2 Å². The molecule has 4 aromatic carbocycles. The van der Waals surface area contributed by atoms with Crippen molar-refractivity contribution in [3.05, 3.63) is 130 Å². The van der Waals surface area contributed by atoms with Crippen LogP contribution in [0.2, 0.25) is 5.02 Å². The molecule has 0 aromatic heterocycles. The Kier molecular flexibility index (Phi) is 9.59. The lowest BCUT2D eigenvalue weighted by Gasteiger charge is -2.27. The van der Waals surface area contributed by atoms with Crippen LogP contribution in [0.25, 0.3) is 0 Å². The highest BCUT2D eigenvalue weighted by Crippen LogP contribution is 2.30. The van der Waals surface area contributed by atoms with Crippen LogP contribution in [-0.2, 0) is 34.4 Å². The van der Waals surface area contributed by atoms with Gasteiger partial charge in [0.25, 0.3) is 15.9 Å². The zero-order valence-electron chi connectivity index (χ0n) is 23.5. The summed E-state index contributed by atoms with van der Waals surface area (Å²) in [6, 6.07) is 28.7. The van der Waals surface area contributed by atoms with Gasteiger partial charge in [0.2, 0.25) is 0 Å². The molecule has 1 fully saturated rings. The minimum atomic E-state index is -4.02. The minimum Gasteiger partial charge on any atom is -0.379 e. The molecular formula is C33H34ClN3O4S. The predicted molar refractivity (Wildman–Crippen MR) is 166 cm³/mol. The lowest BCUT2D eigenvalue weighted by molar-refractivity contribution is 0.0342. The van der Waals surface area contributed by atoms with Crippen molar-refractivity contribution in [1.29, 1.82) is 0 Å². The van der Waals surface area contributed by atoms with Crippen LogP contribution in [0.4, 0.5) is 5.69 Å². The van der Waals surface area contributed by atoms with Crippen molar-refractivity contribution in [2.75, 3.05) is 30.6 Å². The molecule has 0 spiro atoms. The van der Waals surface area contributed by atoms with Crippen LogP contribution >= 0.6 is 11.6 Å². The van der Waals surface area contributed by atoms with Gasteiger partial charge in [-0.05, 0) is 60.0 Å². The topological polar surface area (TPSA) is 79.0 Å². The van der Waals surface area contributed by atoms with Gasteiger partial charge in [-0.2, -0.15) is 0 Å². The van der Waals surface area contributed by atoms with E-state index in [1.54, 1.807) is 72.8 Å². The number of aryl methyl sites for hydroxylation is 1. The summed E-state index contributed by atoms with van der Waals surface area (Å²) in [6.07, 6.45) is 0. The van der Waals surface area contributed by atoms with Gasteiger partial charge in [0.05, 0.1) is 35.9 Å². The fourth-order valence-corrected chi connectivity index (χ4v) is 6.51. The highest BCUT2D eigenvalue weighted by molar-refractivity contribution is 7.92. The first-order chi connectivity index (χ1) is 20.3. The van der Waals surface area contributed by atoms with Gasteiger partial charge in [-0.1, -0.05) is 77.8 Å². The van der Waals surface area contributed by atoms with Crippen molar-refractivity contribution in [2.24, 2.45) is 0 Å². The second kappa shape index (κ2) is 13.5. The number of carbonyl (C=O) groups is 1. The Morgan fingerprint density at radius 2 is 1.57 bits per heavy atom. The van der Waals surface area contributed by atoms with Crippen LogP contribution in [0.1, 0.15) is 32.6 Å². The van der Waals surface area contributed by atoms with Gasteiger partial charge < -0.3 is 10.1 Å². The number of hydrogen-bond donors (Lipinski definition) is 1. The molecular weight excluding hydrogens is 570 g/mol. The second-order valence-electron chi connectivity index (χ2n) is 10.4. The van der Waals surface area contributed by atoms with E-state index in [1.165, 1.54) is 9.87 Å². The molecule has 1 amide bonds. The number of amides is 1. The van der Waals surface area contributed by atoms with Crippen molar-refractivity contribution < 1.29 is 17.9 Å². The number of rotatable bonds is 10. The molecule has 9 heteroatoms. The largest absolute Gasteiger partial charge is 0.379 e. The van der Waals surface area contributed by atoms with E-state index in [2.05, 4.69) is 22.3 Å². The molecule has 0 aliphatic carbocycles. The van der Waals surface area contributed by atoms with Gasteiger partial charge in [0.15, 0.2) is 0 Å². The van der Waals surface area contributed by atoms with Crippen LogP contribution in [0.3, 0.4) is 0 Å². The maximum Gasteiger partial charge on any atom is 0.264 e. The van der Waals surface area contributed by atoms with Crippen molar-refractivity contribution in [3.8, 4) is 0 Å². The van der Waals surface area contributed by atoms with Crippen molar-refractivity contribution >= 4 is 33.2 Å². The SMILES string of the molecule is Cc1ccc(S(=O)(=O)N(Cc2ccc(Cl)cc2)c2ccccc2C(=O)NCc2cccc(CN3CCOCC3)c2)cc1. The second-order valence-corrected chi connectivity index (χ2v) is 12.7. The van der Waals surface area contributed by atoms with Crippen molar-refractivity contribution in [3.63, 3.8) is 0 Å². The third kappa shape index (κ3) is 7.38. The molecule has 1 heterocycles. The minimum absolute atomic E-state index is 0.0290. The summed E-state index contributed by atoms with van der Waals surface area (Å²) < 4.78 is 34.8. The van der Waals surface area contributed by atoms with Crippen LogP contribution < -0.4 is 9.62 Å². The van der Waals surface area contributed by atoms with Crippen LogP contribution in [-0.4, -0.2) is 45.5 Å². The Labute approximate surface area is 252 Å². The fraction of sp³-hybridized carbons (Fsp3) is 0.242. The molecule has 218 valence electrons. The number of nitrogens with one attached hydrogen (secondary N) is 1.